The summed E-state index contributed by atoms with van der Waals surface area (Å²) in [6.07, 6.45) is 5.56. The van der Waals surface area contributed by atoms with Gasteiger partial charge in [0.05, 0.1) is 11.8 Å². The van der Waals surface area contributed by atoms with Crippen molar-refractivity contribution < 1.29 is 4.52 Å². The molecule has 0 radical (unpaired) electrons. The lowest BCUT2D eigenvalue weighted by Crippen LogP contribution is -2.04. The lowest BCUT2D eigenvalue weighted by molar-refractivity contribution is 0.560. The van der Waals surface area contributed by atoms with Crippen LogP contribution in [0.3, 0.4) is 0 Å². The van der Waals surface area contributed by atoms with Crippen molar-refractivity contribution >= 4 is 31.1 Å². The van der Waals surface area contributed by atoms with Gasteiger partial charge in [0.25, 0.3) is 0 Å². The Bertz CT molecular complexity index is 522. The van der Waals surface area contributed by atoms with Gasteiger partial charge in [0.15, 0.2) is 0 Å². The smallest absolute Gasteiger partial charge is 0.104 e. The lowest BCUT2D eigenvalue weighted by Gasteiger charge is -2.12. The Labute approximate surface area is 83.5 Å². The highest BCUT2D eigenvalue weighted by Crippen LogP contribution is 2.26. The summed E-state index contributed by atoms with van der Waals surface area (Å²) < 4.78 is 5.26. The van der Waals surface area contributed by atoms with Gasteiger partial charge >= 0.3 is 0 Å². The molecular formula is C11H8NOP. The maximum absolute atomic E-state index is 5.26. The van der Waals surface area contributed by atoms with Gasteiger partial charge in [0.2, 0.25) is 0 Å². The van der Waals surface area contributed by atoms with E-state index < -0.39 is 0 Å². The Morgan fingerprint density at radius 3 is 3.21 bits per heavy atom. The molecule has 0 N–H and O–H groups in total. The van der Waals surface area contributed by atoms with Gasteiger partial charge in [-0.1, -0.05) is 18.2 Å². The Balaban J connectivity index is 2.42. The van der Waals surface area contributed by atoms with E-state index in [4.69, 9.17) is 4.52 Å². The first-order valence-electron chi connectivity index (χ1n) is 4.41. The number of nitrogens with zero attached hydrogens (tertiary/aromatic N) is 1. The molecule has 0 amide bonds. The number of benzene rings is 1. The third-order valence-corrected chi connectivity index (χ3v) is 3.20. The predicted octanol–water partition coefficient (Wildman–Crippen LogP) is 2.45. The molecule has 3 rings (SSSR count). The van der Waals surface area contributed by atoms with Crippen LogP contribution in [-0.4, -0.2) is 4.98 Å². The van der Waals surface area contributed by atoms with E-state index in [9.17, 15) is 0 Å². The van der Waals surface area contributed by atoms with E-state index in [1.165, 1.54) is 16.3 Å². The summed E-state index contributed by atoms with van der Waals surface area (Å²) in [4.78, 5) is 4.39. The van der Waals surface area contributed by atoms with Crippen molar-refractivity contribution in [3.8, 4) is 0 Å². The van der Waals surface area contributed by atoms with E-state index in [1.807, 2.05) is 18.3 Å². The van der Waals surface area contributed by atoms with Crippen molar-refractivity contribution in [2.45, 2.75) is 0 Å². The molecule has 1 aliphatic rings. The molecule has 2 nitrogen and oxygen atoms in total. The average Bonchev–Trinajstić information content (AvgIpc) is 2.29. The first-order valence-corrected chi connectivity index (χ1v) is 5.32. The van der Waals surface area contributed by atoms with Gasteiger partial charge in [0.1, 0.15) is 8.81 Å². The minimum absolute atomic E-state index is 0.409. The van der Waals surface area contributed by atoms with Crippen LogP contribution in [0.15, 0.2) is 36.7 Å². The van der Waals surface area contributed by atoms with Crippen LogP contribution in [-0.2, 0) is 4.52 Å². The highest BCUT2D eigenvalue weighted by Gasteiger charge is 2.09. The number of fused-ring (bicyclic) bond motifs is 3. The van der Waals surface area contributed by atoms with E-state index in [0.29, 0.717) is 8.81 Å². The number of hydrogen-bond donors (Lipinski definition) is 0. The standard InChI is InChI=1S/C11H8NOP/c1-2-8-3-4-10-9(5-7-13-14-10)11(8)12-6-1/h1-7,14H. The van der Waals surface area contributed by atoms with E-state index in [0.717, 1.165) is 5.52 Å². The average molecular weight is 201 g/mol. The van der Waals surface area contributed by atoms with Crippen LogP contribution < -0.4 is 5.30 Å². The summed E-state index contributed by atoms with van der Waals surface area (Å²) in [7, 11) is 0.409. The van der Waals surface area contributed by atoms with Gasteiger partial charge in [-0.25, -0.2) is 0 Å². The van der Waals surface area contributed by atoms with Crippen molar-refractivity contribution in [1.29, 1.82) is 0 Å². The molecule has 0 saturated heterocycles. The monoisotopic (exact) mass is 201 g/mol. The van der Waals surface area contributed by atoms with Crippen molar-refractivity contribution in [2.75, 3.05) is 0 Å². The Morgan fingerprint density at radius 1 is 1.21 bits per heavy atom. The molecule has 0 spiro atoms. The van der Waals surface area contributed by atoms with E-state index in [-0.39, 0.29) is 0 Å². The highest BCUT2D eigenvalue weighted by molar-refractivity contribution is 7.42. The first-order chi connectivity index (χ1) is 6.95. The van der Waals surface area contributed by atoms with Crippen molar-refractivity contribution in [1.82, 2.24) is 4.98 Å². The molecule has 1 atom stereocenters. The summed E-state index contributed by atoms with van der Waals surface area (Å²) in [5.74, 6) is 0. The summed E-state index contributed by atoms with van der Waals surface area (Å²) in [6.45, 7) is 0. The third kappa shape index (κ3) is 1.11. The van der Waals surface area contributed by atoms with E-state index >= 15 is 0 Å². The fourth-order valence-electron chi connectivity index (χ4n) is 1.63. The summed E-state index contributed by atoms with van der Waals surface area (Å²) >= 11 is 0. The van der Waals surface area contributed by atoms with Crippen LogP contribution in [0.2, 0.25) is 0 Å². The van der Waals surface area contributed by atoms with Crippen LogP contribution in [0, 0.1) is 0 Å². The number of hydrogen-bond acceptors (Lipinski definition) is 2. The van der Waals surface area contributed by atoms with Crippen LogP contribution in [0.1, 0.15) is 5.56 Å². The Hall–Kier alpha value is -1.40. The van der Waals surface area contributed by atoms with Crippen LogP contribution in [0.25, 0.3) is 17.0 Å². The highest BCUT2D eigenvalue weighted by atomic mass is 31.1. The summed E-state index contributed by atoms with van der Waals surface area (Å²) in [5, 5.41) is 2.42. The first kappa shape index (κ1) is 7.95. The minimum Gasteiger partial charge on any atom is -0.480 e. The van der Waals surface area contributed by atoms with E-state index in [1.54, 1.807) is 6.26 Å². The van der Waals surface area contributed by atoms with Crippen molar-refractivity contribution in [2.24, 2.45) is 0 Å². The molecule has 0 bridgehead atoms. The van der Waals surface area contributed by atoms with Gasteiger partial charge in [-0.3, -0.25) is 4.98 Å². The second kappa shape index (κ2) is 3.07. The molecule has 0 aliphatic carbocycles. The van der Waals surface area contributed by atoms with Gasteiger partial charge in [-0.15, -0.1) is 0 Å². The molecule has 3 heteroatoms. The zero-order valence-corrected chi connectivity index (χ0v) is 8.40. The minimum atomic E-state index is 0.409. The maximum atomic E-state index is 5.26. The molecule has 2 aromatic rings. The zero-order chi connectivity index (χ0) is 9.38. The second-order valence-electron chi connectivity index (χ2n) is 3.12. The molecule has 0 fully saturated rings. The molecule has 1 aromatic heterocycles. The van der Waals surface area contributed by atoms with Gasteiger partial charge in [0, 0.05) is 22.5 Å². The lowest BCUT2D eigenvalue weighted by atomic mass is 10.1. The molecule has 1 aliphatic heterocycles. The van der Waals surface area contributed by atoms with Crippen LogP contribution in [0.5, 0.6) is 0 Å². The quantitative estimate of drug-likeness (QED) is 0.611. The van der Waals surface area contributed by atoms with Gasteiger partial charge in [-0.2, -0.15) is 0 Å². The Kier molecular flexibility index (Phi) is 1.74. The SMILES string of the molecule is C1=Cc2c(ccc3cccnc23)PO1. The molecule has 1 unspecified atom stereocenters. The van der Waals surface area contributed by atoms with Gasteiger partial charge < -0.3 is 4.52 Å². The molecule has 1 aromatic carbocycles. The molecule has 14 heavy (non-hydrogen) atoms. The maximum Gasteiger partial charge on any atom is 0.104 e. The van der Waals surface area contributed by atoms with Gasteiger partial charge in [-0.05, 0) is 12.1 Å². The Morgan fingerprint density at radius 2 is 2.21 bits per heavy atom. The molecule has 2 heterocycles. The normalized spacial score (nSPS) is 15.4. The number of pyridine rings is 1. The second-order valence-corrected chi connectivity index (χ2v) is 4.10. The fraction of sp³-hybridized carbons (Fsp3) is 0. The third-order valence-electron chi connectivity index (χ3n) is 2.29. The van der Waals surface area contributed by atoms with Crippen molar-refractivity contribution in [3.63, 3.8) is 0 Å². The molecule has 0 saturated carbocycles. The largest absolute Gasteiger partial charge is 0.480 e. The van der Waals surface area contributed by atoms with Crippen LogP contribution >= 0.6 is 8.81 Å². The van der Waals surface area contributed by atoms with Crippen molar-refractivity contribution in [3.05, 3.63) is 42.3 Å². The topological polar surface area (TPSA) is 22.1 Å². The number of aromatic nitrogens is 1. The zero-order valence-electron chi connectivity index (χ0n) is 7.40. The summed E-state index contributed by atoms with van der Waals surface area (Å²) in [6, 6.07) is 8.24. The molecular weight excluding hydrogens is 193 g/mol. The number of rotatable bonds is 0. The fourth-order valence-corrected chi connectivity index (χ4v) is 2.35. The molecule has 68 valence electrons. The summed E-state index contributed by atoms with van der Waals surface area (Å²) in [5.41, 5.74) is 2.27. The van der Waals surface area contributed by atoms with E-state index in [2.05, 4.69) is 23.2 Å². The predicted molar refractivity (Wildman–Crippen MR) is 59.8 cm³/mol. The van der Waals surface area contributed by atoms with Crippen LogP contribution in [0.4, 0.5) is 0 Å².